The van der Waals surface area contributed by atoms with Crippen molar-refractivity contribution < 1.29 is 8.83 Å². The third-order valence-corrected chi connectivity index (χ3v) is 7.87. The molecule has 192 valence electrons. The molecule has 0 saturated carbocycles. The number of para-hydroxylation sites is 4. The van der Waals surface area contributed by atoms with Crippen LogP contribution in [-0.4, -0.2) is 14.5 Å². The van der Waals surface area contributed by atoms with Gasteiger partial charge in [0.1, 0.15) is 34.0 Å². The van der Waals surface area contributed by atoms with Crippen molar-refractivity contribution >= 4 is 54.9 Å². The van der Waals surface area contributed by atoms with Gasteiger partial charge in [-0.25, -0.2) is 9.97 Å². The van der Waals surface area contributed by atoms with E-state index in [0.717, 1.165) is 83.2 Å². The summed E-state index contributed by atoms with van der Waals surface area (Å²) in [7, 11) is 0. The van der Waals surface area contributed by atoms with Crippen molar-refractivity contribution in [1.82, 2.24) is 14.5 Å². The molecule has 0 unspecified atom stereocenters. The highest BCUT2D eigenvalue weighted by molar-refractivity contribution is 6.21. The second kappa shape index (κ2) is 8.41. The molecule has 0 aliphatic rings. The smallest absolute Gasteiger partial charge is 0.147 e. The van der Waals surface area contributed by atoms with Crippen molar-refractivity contribution in [2.45, 2.75) is 0 Å². The first kappa shape index (κ1) is 22.2. The molecule has 5 heteroatoms. The number of fused-ring (bicyclic) bond motifs is 7. The van der Waals surface area contributed by atoms with Crippen LogP contribution in [0.2, 0.25) is 0 Å². The molecular formula is C36H21N3O2. The Kier molecular flexibility index (Phi) is 4.55. The molecule has 41 heavy (non-hydrogen) atoms. The minimum Gasteiger partial charge on any atom is -0.455 e. The van der Waals surface area contributed by atoms with Crippen molar-refractivity contribution in [2.75, 3.05) is 0 Å². The van der Waals surface area contributed by atoms with Gasteiger partial charge in [0.15, 0.2) is 0 Å². The Morgan fingerprint density at radius 2 is 1.17 bits per heavy atom. The number of hydrogen-bond acceptors (Lipinski definition) is 4. The lowest BCUT2D eigenvalue weighted by atomic mass is 9.99. The van der Waals surface area contributed by atoms with Crippen LogP contribution in [0.25, 0.3) is 83.2 Å². The van der Waals surface area contributed by atoms with Crippen LogP contribution >= 0.6 is 0 Å². The van der Waals surface area contributed by atoms with Crippen LogP contribution in [0.15, 0.2) is 136 Å². The van der Waals surface area contributed by atoms with Gasteiger partial charge in [-0.15, -0.1) is 0 Å². The molecule has 0 radical (unpaired) electrons. The number of aromatic nitrogens is 3. The van der Waals surface area contributed by atoms with Crippen LogP contribution < -0.4 is 0 Å². The molecule has 0 amide bonds. The normalized spacial score (nSPS) is 11.9. The van der Waals surface area contributed by atoms with Crippen LogP contribution in [0.4, 0.5) is 0 Å². The minimum absolute atomic E-state index is 0.791. The number of pyridine rings is 1. The molecular weight excluding hydrogens is 506 g/mol. The van der Waals surface area contributed by atoms with E-state index in [-0.39, 0.29) is 0 Å². The fourth-order valence-corrected chi connectivity index (χ4v) is 6.00. The van der Waals surface area contributed by atoms with Crippen LogP contribution in [0, 0.1) is 0 Å². The maximum atomic E-state index is 6.48. The average molecular weight is 528 g/mol. The zero-order valence-electron chi connectivity index (χ0n) is 21.8. The number of rotatable bonds is 3. The van der Waals surface area contributed by atoms with E-state index in [1.54, 1.807) is 0 Å². The third-order valence-electron chi connectivity index (χ3n) is 7.87. The number of imidazole rings is 1. The number of furan rings is 2. The monoisotopic (exact) mass is 527 g/mol. The molecule has 5 aromatic carbocycles. The predicted molar refractivity (Wildman–Crippen MR) is 164 cm³/mol. The van der Waals surface area contributed by atoms with Crippen molar-refractivity contribution in [1.29, 1.82) is 0 Å². The Balaban J connectivity index is 1.30. The molecule has 0 spiro atoms. The Labute approximate surface area is 233 Å². The molecule has 0 fully saturated rings. The third kappa shape index (κ3) is 3.23. The van der Waals surface area contributed by atoms with E-state index < -0.39 is 0 Å². The summed E-state index contributed by atoms with van der Waals surface area (Å²) in [6, 6.07) is 41.0. The maximum absolute atomic E-state index is 6.48. The van der Waals surface area contributed by atoms with Crippen LogP contribution in [0.5, 0.6) is 0 Å². The number of nitrogens with zero attached hydrogens (tertiary/aromatic N) is 3. The average Bonchev–Trinajstić information content (AvgIpc) is 3.72. The van der Waals surface area contributed by atoms with E-state index in [2.05, 4.69) is 47.0 Å². The van der Waals surface area contributed by atoms with Gasteiger partial charge < -0.3 is 8.83 Å². The molecule has 4 heterocycles. The summed E-state index contributed by atoms with van der Waals surface area (Å²) >= 11 is 0. The fourth-order valence-electron chi connectivity index (χ4n) is 6.00. The van der Waals surface area contributed by atoms with Crippen LogP contribution in [-0.2, 0) is 0 Å². The van der Waals surface area contributed by atoms with Crippen molar-refractivity contribution in [3.63, 3.8) is 0 Å². The van der Waals surface area contributed by atoms with E-state index in [1.807, 2.05) is 85.1 Å². The SMILES string of the molecule is c1ccc(-c2nc3ccccc3n2-c2ccc(-c3c4oc5ccccc5c4cc4c3oc3ccccc34)cn2)cc1. The molecule has 9 rings (SSSR count). The first-order chi connectivity index (χ1) is 20.3. The second-order valence-corrected chi connectivity index (χ2v) is 10.2. The first-order valence-electron chi connectivity index (χ1n) is 13.6. The Hall–Kier alpha value is -5.68. The van der Waals surface area contributed by atoms with Gasteiger partial charge in [-0.1, -0.05) is 78.9 Å². The van der Waals surface area contributed by atoms with E-state index in [0.29, 0.717) is 0 Å². The summed E-state index contributed by atoms with van der Waals surface area (Å²) in [6.45, 7) is 0. The summed E-state index contributed by atoms with van der Waals surface area (Å²) in [5, 5.41) is 4.28. The number of benzene rings is 5. The zero-order chi connectivity index (χ0) is 26.9. The molecule has 9 aromatic rings. The summed E-state index contributed by atoms with van der Waals surface area (Å²) in [6.07, 6.45) is 1.91. The second-order valence-electron chi connectivity index (χ2n) is 10.2. The topological polar surface area (TPSA) is 57.0 Å². The zero-order valence-corrected chi connectivity index (χ0v) is 21.8. The van der Waals surface area contributed by atoms with E-state index >= 15 is 0 Å². The molecule has 0 atom stereocenters. The lowest BCUT2D eigenvalue weighted by Gasteiger charge is -2.10. The molecule has 4 aromatic heterocycles. The first-order valence-corrected chi connectivity index (χ1v) is 13.6. The van der Waals surface area contributed by atoms with Gasteiger partial charge in [0.2, 0.25) is 0 Å². The highest BCUT2D eigenvalue weighted by Gasteiger charge is 2.22. The molecule has 0 saturated heterocycles. The maximum Gasteiger partial charge on any atom is 0.147 e. The summed E-state index contributed by atoms with van der Waals surface area (Å²) < 4.78 is 15.1. The van der Waals surface area contributed by atoms with Gasteiger partial charge in [-0.05, 0) is 42.5 Å². The largest absolute Gasteiger partial charge is 0.455 e. The molecule has 5 nitrogen and oxygen atoms in total. The molecule has 0 aliphatic carbocycles. The molecule has 0 bridgehead atoms. The van der Waals surface area contributed by atoms with Gasteiger partial charge in [-0.2, -0.15) is 0 Å². The standard InChI is InChI=1S/C36H21N3O2/c1-2-10-22(11-3-1)36-38-28-14-6-7-15-29(28)39(36)32-19-18-23(21-37-32)33-34-26(24-12-4-8-16-30(24)40-34)20-27-25-13-5-9-17-31(25)41-35(27)33/h1-21H. The van der Waals surface area contributed by atoms with Gasteiger partial charge in [-0.3, -0.25) is 4.57 Å². The summed E-state index contributed by atoms with van der Waals surface area (Å²) in [4.78, 5) is 9.96. The lowest BCUT2D eigenvalue weighted by Crippen LogP contribution is -2.00. The predicted octanol–water partition coefficient (Wildman–Crippen LogP) is 9.55. The number of hydrogen-bond donors (Lipinski definition) is 0. The van der Waals surface area contributed by atoms with Crippen LogP contribution in [0.3, 0.4) is 0 Å². The Morgan fingerprint density at radius 3 is 1.85 bits per heavy atom. The molecule has 0 aliphatic heterocycles. The molecule has 0 N–H and O–H groups in total. The summed E-state index contributed by atoms with van der Waals surface area (Å²) in [5.74, 6) is 1.64. The van der Waals surface area contributed by atoms with E-state index in [4.69, 9.17) is 18.8 Å². The van der Waals surface area contributed by atoms with Gasteiger partial charge in [0.05, 0.1) is 16.6 Å². The fraction of sp³-hybridized carbons (Fsp3) is 0. The minimum atomic E-state index is 0.791. The van der Waals surface area contributed by atoms with Gasteiger partial charge in [0, 0.05) is 38.9 Å². The summed E-state index contributed by atoms with van der Waals surface area (Å²) in [5.41, 5.74) is 8.08. The lowest BCUT2D eigenvalue weighted by molar-refractivity contribution is 0.658. The van der Waals surface area contributed by atoms with Crippen LogP contribution in [0.1, 0.15) is 0 Å². The highest BCUT2D eigenvalue weighted by Crippen LogP contribution is 2.44. The van der Waals surface area contributed by atoms with Gasteiger partial charge in [0.25, 0.3) is 0 Å². The van der Waals surface area contributed by atoms with Crippen molar-refractivity contribution in [2.24, 2.45) is 0 Å². The highest BCUT2D eigenvalue weighted by atomic mass is 16.3. The quantitative estimate of drug-likeness (QED) is 0.230. The van der Waals surface area contributed by atoms with Gasteiger partial charge >= 0.3 is 0 Å². The van der Waals surface area contributed by atoms with E-state index in [9.17, 15) is 0 Å². The van der Waals surface area contributed by atoms with Crippen molar-refractivity contribution in [3.05, 3.63) is 128 Å². The Morgan fingerprint density at radius 1 is 0.537 bits per heavy atom. The Bertz CT molecular complexity index is 2320. The van der Waals surface area contributed by atoms with E-state index in [1.165, 1.54) is 0 Å². The van der Waals surface area contributed by atoms with Crippen molar-refractivity contribution in [3.8, 4) is 28.3 Å².